The molecule has 0 N–H and O–H groups in total. The van der Waals surface area contributed by atoms with Crippen LogP contribution in [0.15, 0.2) is 12.7 Å². The minimum atomic E-state index is 0.292. The van der Waals surface area contributed by atoms with Crippen LogP contribution < -0.4 is 0 Å². The van der Waals surface area contributed by atoms with Crippen LogP contribution in [0.1, 0.15) is 53.9 Å². The highest BCUT2D eigenvalue weighted by atomic mass is 14.3. The first-order valence-electron chi connectivity index (χ1n) is 5.03. The van der Waals surface area contributed by atoms with Crippen LogP contribution in [0, 0.1) is 10.8 Å². The zero-order valence-electron chi connectivity index (χ0n) is 9.41. The molecule has 0 unspecified atom stereocenters. The molecule has 0 heterocycles. The van der Waals surface area contributed by atoms with E-state index < -0.39 is 0 Å². The first-order valence-corrected chi connectivity index (χ1v) is 5.03. The monoisotopic (exact) mass is 168 g/mol. The van der Waals surface area contributed by atoms with Crippen molar-refractivity contribution >= 4 is 0 Å². The van der Waals surface area contributed by atoms with Gasteiger partial charge in [0, 0.05) is 0 Å². The lowest BCUT2D eigenvalue weighted by atomic mass is 9.71. The van der Waals surface area contributed by atoms with E-state index in [1.807, 2.05) is 0 Å². The van der Waals surface area contributed by atoms with Crippen LogP contribution in [-0.4, -0.2) is 0 Å². The summed E-state index contributed by atoms with van der Waals surface area (Å²) in [5, 5.41) is 0. The fourth-order valence-electron chi connectivity index (χ4n) is 1.67. The molecular weight excluding hydrogens is 144 g/mol. The standard InChI is InChI=1S/C12H24/c1-7-11(4,5)10-12(6,8-2)9-3/h7H,1,8-10H2,2-6H3. The van der Waals surface area contributed by atoms with Gasteiger partial charge in [0.05, 0.1) is 0 Å². The van der Waals surface area contributed by atoms with E-state index in [4.69, 9.17) is 0 Å². The van der Waals surface area contributed by atoms with Gasteiger partial charge in [0.25, 0.3) is 0 Å². The average molecular weight is 168 g/mol. The van der Waals surface area contributed by atoms with Crippen LogP contribution in [0.2, 0.25) is 0 Å². The van der Waals surface area contributed by atoms with E-state index in [1.54, 1.807) is 0 Å². The zero-order chi connectivity index (χ0) is 9.83. The van der Waals surface area contributed by atoms with E-state index in [1.165, 1.54) is 19.3 Å². The van der Waals surface area contributed by atoms with Crippen LogP contribution in [0.25, 0.3) is 0 Å². The van der Waals surface area contributed by atoms with E-state index in [2.05, 4.69) is 47.3 Å². The van der Waals surface area contributed by atoms with Gasteiger partial charge in [-0.25, -0.2) is 0 Å². The Kier molecular flexibility index (Phi) is 4.02. The summed E-state index contributed by atoms with van der Waals surface area (Å²) in [5.41, 5.74) is 0.790. The molecule has 0 amide bonds. The molecule has 0 saturated carbocycles. The van der Waals surface area contributed by atoms with Crippen molar-refractivity contribution in [1.29, 1.82) is 0 Å². The van der Waals surface area contributed by atoms with Gasteiger partial charge in [-0.2, -0.15) is 0 Å². The molecule has 12 heavy (non-hydrogen) atoms. The van der Waals surface area contributed by atoms with Gasteiger partial charge in [0.2, 0.25) is 0 Å². The molecule has 0 aliphatic rings. The van der Waals surface area contributed by atoms with E-state index >= 15 is 0 Å². The average Bonchev–Trinajstić information content (AvgIpc) is 2.04. The molecule has 0 aromatic rings. The molecule has 0 spiro atoms. The molecule has 0 bridgehead atoms. The second-order valence-corrected chi connectivity index (χ2v) is 4.89. The highest BCUT2D eigenvalue weighted by Crippen LogP contribution is 2.39. The SMILES string of the molecule is C=CC(C)(C)CC(C)(CC)CC. The molecule has 0 aliphatic carbocycles. The summed E-state index contributed by atoms with van der Waals surface area (Å²) < 4.78 is 0. The van der Waals surface area contributed by atoms with Crippen LogP contribution >= 0.6 is 0 Å². The molecule has 72 valence electrons. The summed E-state index contributed by atoms with van der Waals surface area (Å²) in [4.78, 5) is 0. The maximum atomic E-state index is 3.89. The first-order chi connectivity index (χ1) is 5.39. The van der Waals surface area contributed by atoms with E-state index in [0.717, 1.165) is 0 Å². The van der Waals surface area contributed by atoms with Crippen LogP contribution in [0.4, 0.5) is 0 Å². The van der Waals surface area contributed by atoms with Crippen LogP contribution in [0.5, 0.6) is 0 Å². The fourth-order valence-corrected chi connectivity index (χ4v) is 1.67. The number of allylic oxidation sites excluding steroid dienone is 1. The minimum Gasteiger partial charge on any atom is -0.103 e. The van der Waals surface area contributed by atoms with Crippen molar-refractivity contribution in [1.82, 2.24) is 0 Å². The van der Waals surface area contributed by atoms with E-state index in [9.17, 15) is 0 Å². The van der Waals surface area contributed by atoms with Crippen LogP contribution in [-0.2, 0) is 0 Å². The third-order valence-corrected chi connectivity index (χ3v) is 3.14. The summed E-state index contributed by atoms with van der Waals surface area (Å²) in [6.45, 7) is 15.4. The predicted molar refractivity (Wildman–Crippen MR) is 57.3 cm³/mol. The largest absolute Gasteiger partial charge is 0.103 e. The van der Waals surface area contributed by atoms with Gasteiger partial charge in [-0.1, -0.05) is 53.5 Å². The summed E-state index contributed by atoms with van der Waals surface area (Å²) in [7, 11) is 0. The Morgan fingerprint density at radius 1 is 1.08 bits per heavy atom. The molecule has 0 atom stereocenters. The Hall–Kier alpha value is -0.260. The van der Waals surface area contributed by atoms with E-state index in [-0.39, 0.29) is 0 Å². The van der Waals surface area contributed by atoms with Crippen molar-refractivity contribution in [3.63, 3.8) is 0 Å². The molecular formula is C12H24. The van der Waals surface area contributed by atoms with Crippen molar-refractivity contribution in [2.75, 3.05) is 0 Å². The number of hydrogen-bond donors (Lipinski definition) is 0. The van der Waals surface area contributed by atoms with Crippen LogP contribution in [0.3, 0.4) is 0 Å². The molecule has 0 aromatic carbocycles. The van der Waals surface area contributed by atoms with Gasteiger partial charge >= 0.3 is 0 Å². The number of rotatable bonds is 5. The van der Waals surface area contributed by atoms with Crippen molar-refractivity contribution in [3.05, 3.63) is 12.7 Å². The Labute approximate surface area is 78.1 Å². The highest BCUT2D eigenvalue weighted by Gasteiger charge is 2.27. The highest BCUT2D eigenvalue weighted by molar-refractivity contribution is 4.92. The first kappa shape index (κ1) is 11.7. The maximum absolute atomic E-state index is 3.89. The molecule has 0 saturated heterocycles. The van der Waals surface area contributed by atoms with Gasteiger partial charge in [-0.15, -0.1) is 6.58 Å². The molecule has 0 aromatic heterocycles. The normalized spacial score (nSPS) is 13.1. The fraction of sp³-hybridized carbons (Fsp3) is 0.833. The number of hydrogen-bond acceptors (Lipinski definition) is 0. The van der Waals surface area contributed by atoms with Crippen molar-refractivity contribution < 1.29 is 0 Å². The molecule has 0 aliphatic heterocycles. The Morgan fingerprint density at radius 3 is 1.75 bits per heavy atom. The van der Waals surface area contributed by atoms with Crippen molar-refractivity contribution in [3.8, 4) is 0 Å². The second-order valence-electron chi connectivity index (χ2n) is 4.89. The smallest absolute Gasteiger partial charge is 0.0172 e. The second kappa shape index (κ2) is 4.11. The van der Waals surface area contributed by atoms with E-state index in [0.29, 0.717) is 10.8 Å². The minimum absolute atomic E-state index is 0.292. The van der Waals surface area contributed by atoms with Gasteiger partial charge in [0.1, 0.15) is 0 Å². The van der Waals surface area contributed by atoms with Gasteiger partial charge in [-0.3, -0.25) is 0 Å². The topological polar surface area (TPSA) is 0 Å². The molecule has 0 nitrogen and oxygen atoms in total. The lowest BCUT2D eigenvalue weighted by molar-refractivity contribution is 0.197. The molecule has 0 heteroatoms. The molecule has 0 rings (SSSR count). The third-order valence-electron chi connectivity index (χ3n) is 3.14. The summed E-state index contributed by atoms with van der Waals surface area (Å²) in [6, 6.07) is 0. The Balaban J connectivity index is 4.29. The van der Waals surface area contributed by atoms with Crippen molar-refractivity contribution in [2.45, 2.75) is 53.9 Å². The lowest BCUT2D eigenvalue weighted by Crippen LogP contribution is -2.22. The third kappa shape index (κ3) is 3.42. The van der Waals surface area contributed by atoms with Gasteiger partial charge < -0.3 is 0 Å². The maximum Gasteiger partial charge on any atom is -0.0172 e. The summed E-state index contributed by atoms with van der Waals surface area (Å²) >= 11 is 0. The zero-order valence-corrected chi connectivity index (χ0v) is 9.41. The van der Waals surface area contributed by atoms with Gasteiger partial charge in [0.15, 0.2) is 0 Å². The Morgan fingerprint density at radius 2 is 1.50 bits per heavy atom. The summed E-state index contributed by atoms with van der Waals surface area (Å²) in [6.07, 6.45) is 5.86. The van der Waals surface area contributed by atoms with Crippen molar-refractivity contribution in [2.24, 2.45) is 10.8 Å². The predicted octanol–water partition coefficient (Wildman–Crippen LogP) is 4.42. The lowest BCUT2D eigenvalue weighted by Gasteiger charge is -2.34. The quantitative estimate of drug-likeness (QED) is 0.533. The molecule has 0 fully saturated rings. The summed E-state index contributed by atoms with van der Waals surface area (Å²) in [5.74, 6) is 0. The van der Waals surface area contributed by atoms with Gasteiger partial charge in [-0.05, 0) is 17.3 Å². The molecule has 0 radical (unpaired) electrons. The Bertz CT molecular complexity index is 138.